The molecule has 102 valence electrons. The molecule has 0 heterocycles. The molecule has 0 aromatic heterocycles. The van der Waals surface area contributed by atoms with Gasteiger partial charge in [-0.25, -0.2) is 0 Å². The van der Waals surface area contributed by atoms with Crippen LogP contribution in [0.25, 0.3) is 0 Å². The van der Waals surface area contributed by atoms with Crippen molar-refractivity contribution in [3.63, 3.8) is 0 Å². The number of alkyl halides is 1. The SMILES string of the molecule is O=C(NCc1ccc(CCl)cc1)C1C2CCCCC21. The minimum atomic E-state index is 0.262. The molecule has 0 radical (unpaired) electrons. The van der Waals surface area contributed by atoms with Crippen LogP contribution in [-0.4, -0.2) is 5.91 Å². The molecule has 0 aliphatic heterocycles. The fourth-order valence-electron chi connectivity index (χ4n) is 3.43. The number of amides is 1. The van der Waals surface area contributed by atoms with Gasteiger partial charge in [0, 0.05) is 18.3 Å². The first-order valence-corrected chi connectivity index (χ1v) is 7.74. The van der Waals surface area contributed by atoms with Gasteiger partial charge in [-0.15, -0.1) is 11.6 Å². The third kappa shape index (κ3) is 2.79. The van der Waals surface area contributed by atoms with E-state index in [9.17, 15) is 4.79 Å². The zero-order valence-corrected chi connectivity index (χ0v) is 11.8. The molecular weight excluding hydrogens is 258 g/mol. The van der Waals surface area contributed by atoms with E-state index in [1.54, 1.807) is 0 Å². The first kappa shape index (κ1) is 13.0. The van der Waals surface area contributed by atoms with Gasteiger partial charge in [0.2, 0.25) is 5.91 Å². The van der Waals surface area contributed by atoms with E-state index in [2.05, 4.69) is 5.32 Å². The van der Waals surface area contributed by atoms with Gasteiger partial charge < -0.3 is 5.32 Å². The standard InChI is InChI=1S/C16H20ClNO/c17-9-11-5-7-12(8-6-11)10-18-16(19)15-13-3-1-2-4-14(13)15/h5-8,13-15H,1-4,9-10H2,(H,18,19). The number of rotatable bonds is 4. The predicted molar refractivity (Wildman–Crippen MR) is 76.8 cm³/mol. The molecule has 0 bridgehead atoms. The van der Waals surface area contributed by atoms with Crippen molar-refractivity contribution in [1.29, 1.82) is 0 Å². The Kier molecular flexibility index (Phi) is 3.79. The molecule has 2 unspecified atom stereocenters. The Balaban J connectivity index is 1.50. The third-order valence-electron chi connectivity index (χ3n) is 4.60. The molecule has 1 aromatic rings. The summed E-state index contributed by atoms with van der Waals surface area (Å²) >= 11 is 5.76. The van der Waals surface area contributed by atoms with E-state index >= 15 is 0 Å². The second-order valence-electron chi connectivity index (χ2n) is 5.81. The predicted octanol–water partition coefficient (Wildman–Crippen LogP) is 3.48. The lowest BCUT2D eigenvalue weighted by atomic mass is 10.0. The van der Waals surface area contributed by atoms with E-state index < -0.39 is 0 Å². The summed E-state index contributed by atoms with van der Waals surface area (Å²) in [6.45, 7) is 0.636. The highest BCUT2D eigenvalue weighted by atomic mass is 35.5. The maximum absolute atomic E-state index is 12.1. The van der Waals surface area contributed by atoms with Crippen molar-refractivity contribution in [3.05, 3.63) is 35.4 Å². The van der Waals surface area contributed by atoms with E-state index in [4.69, 9.17) is 11.6 Å². The van der Waals surface area contributed by atoms with Crippen LogP contribution in [0.5, 0.6) is 0 Å². The molecule has 0 spiro atoms. The van der Waals surface area contributed by atoms with Gasteiger partial charge in [-0.05, 0) is 35.8 Å². The van der Waals surface area contributed by atoms with E-state index in [1.807, 2.05) is 24.3 Å². The average molecular weight is 278 g/mol. The van der Waals surface area contributed by atoms with Crippen molar-refractivity contribution in [2.45, 2.75) is 38.1 Å². The number of hydrogen-bond donors (Lipinski definition) is 1. The molecule has 3 heteroatoms. The zero-order valence-electron chi connectivity index (χ0n) is 11.1. The molecule has 3 rings (SSSR count). The highest BCUT2D eigenvalue weighted by molar-refractivity contribution is 6.17. The number of benzene rings is 1. The maximum Gasteiger partial charge on any atom is 0.223 e. The highest BCUT2D eigenvalue weighted by Gasteiger charge is 2.54. The Bertz CT molecular complexity index is 444. The van der Waals surface area contributed by atoms with Gasteiger partial charge in [-0.1, -0.05) is 37.1 Å². The lowest BCUT2D eigenvalue weighted by Gasteiger charge is -2.05. The van der Waals surface area contributed by atoms with Crippen LogP contribution in [0.2, 0.25) is 0 Å². The van der Waals surface area contributed by atoms with Crippen LogP contribution in [0.3, 0.4) is 0 Å². The Morgan fingerprint density at radius 2 is 1.68 bits per heavy atom. The number of carbonyl (C=O) groups excluding carboxylic acids is 1. The molecule has 2 saturated carbocycles. The molecule has 1 N–H and O–H groups in total. The minimum absolute atomic E-state index is 0.262. The number of halogens is 1. The fourth-order valence-corrected chi connectivity index (χ4v) is 3.61. The van der Waals surface area contributed by atoms with Crippen molar-refractivity contribution in [2.75, 3.05) is 0 Å². The average Bonchev–Trinajstić information content (AvgIpc) is 3.19. The van der Waals surface area contributed by atoms with Crippen LogP contribution in [0, 0.1) is 17.8 Å². The molecule has 2 aliphatic carbocycles. The van der Waals surface area contributed by atoms with Crippen molar-refractivity contribution >= 4 is 17.5 Å². The number of hydrogen-bond acceptors (Lipinski definition) is 1. The smallest absolute Gasteiger partial charge is 0.223 e. The summed E-state index contributed by atoms with van der Waals surface area (Å²) in [5.41, 5.74) is 2.26. The molecule has 2 aliphatic rings. The summed E-state index contributed by atoms with van der Waals surface area (Å²) in [4.78, 5) is 12.1. The van der Waals surface area contributed by atoms with E-state index in [1.165, 1.54) is 25.7 Å². The van der Waals surface area contributed by atoms with Crippen molar-refractivity contribution in [2.24, 2.45) is 17.8 Å². The molecule has 1 aromatic carbocycles. The second-order valence-corrected chi connectivity index (χ2v) is 6.07. The van der Waals surface area contributed by atoms with Crippen LogP contribution < -0.4 is 5.32 Å². The molecule has 0 saturated heterocycles. The van der Waals surface area contributed by atoms with Gasteiger partial charge in [-0.2, -0.15) is 0 Å². The summed E-state index contributed by atoms with van der Waals surface area (Å²) in [6.07, 6.45) is 5.13. The Morgan fingerprint density at radius 1 is 1.11 bits per heavy atom. The molecular formula is C16H20ClNO. The van der Waals surface area contributed by atoms with Crippen LogP contribution in [-0.2, 0) is 17.2 Å². The summed E-state index contributed by atoms with van der Waals surface area (Å²) in [5, 5.41) is 3.08. The van der Waals surface area contributed by atoms with Gasteiger partial charge in [0.25, 0.3) is 0 Å². The quantitative estimate of drug-likeness (QED) is 0.839. The lowest BCUT2D eigenvalue weighted by Crippen LogP contribution is -2.25. The van der Waals surface area contributed by atoms with Crippen molar-refractivity contribution < 1.29 is 4.79 Å². The lowest BCUT2D eigenvalue weighted by molar-refractivity contribution is -0.123. The van der Waals surface area contributed by atoms with Crippen LogP contribution in [0.4, 0.5) is 0 Å². The molecule has 1 amide bonds. The van der Waals surface area contributed by atoms with Crippen molar-refractivity contribution in [1.82, 2.24) is 5.32 Å². The summed E-state index contributed by atoms with van der Waals surface area (Å²) < 4.78 is 0. The highest BCUT2D eigenvalue weighted by Crippen LogP contribution is 2.55. The Morgan fingerprint density at radius 3 is 2.26 bits per heavy atom. The molecule has 2 atom stereocenters. The fraction of sp³-hybridized carbons (Fsp3) is 0.562. The monoisotopic (exact) mass is 277 g/mol. The number of carbonyl (C=O) groups is 1. The number of nitrogens with one attached hydrogen (secondary N) is 1. The minimum Gasteiger partial charge on any atom is -0.352 e. The van der Waals surface area contributed by atoms with E-state index in [0.717, 1.165) is 11.1 Å². The topological polar surface area (TPSA) is 29.1 Å². The first-order chi connectivity index (χ1) is 9.29. The van der Waals surface area contributed by atoms with Crippen LogP contribution in [0.15, 0.2) is 24.3 Å². The van der Waals surface area contributed by atoms with Gasteiger partial charge in [-0.3, -0.25) is 4.79 Å². The third-order valence-corrected chi connectivity index (χ3v) is 4.91. The van der Waals surface area contributed by atoms with Gasteiger partial charge in [0.15, 0.2) is 0 Å². The second kappa shape index (κ2) is 5.54. The Hall–Kier alpha value is -1.02. The van der Waals surface area contributed by atoms with Crippen LogP contribution in [0.1, 0.15) is 36.8 Å². The van der Waals surface area contributed by atoms with Crippen molar-refractivity contribution in [3.8, 4) is 0 Å². The molecule has 2 nitrogen and oxygen atoms in total. The zero-order chi connectivity index (χ0) is 13.2. The van der Waals surface area contributed by atoms with Gasteiger partial charge in [0.1, 0.15) is 0 Å². The molecule has 19 heavy (non-hydrogen) atoms. The Labute approximate surface area is 119 Å². The first-order valence-electron chi connectivity index (χ1n) is 7.21. The van der Waals surface area contributed by atoms with E-state index in [0.29, 0.717) is 30.2 Å². The molecule has 2 fully saturated rings. The summed E-state index contributed by atoms with van der Waals surface area (Å²) in [6, 6.07) is 8.12. The van der Waals surface area contributed by atoms with Gasteiger partial charge >= 0.3 is 0 Å². The normalized spacial score (nSPS) is 28.6. The summed E-state index contributed by atoms with van der Waals surface area (Å²) in [5.74, 6) is 2.49. The van der Waals surface area contributed by atoms with Crippen LogP contribution >= 0.6 is 11.6 Å². The number of fused-ring (bicyclic) bond motifs is 1. The van der Waals surface area contributed by atoms with Gasteiger partial charge in [0.05, 0.1) is 0 Å². The summed E-state index contributed by atoms with van der Waals surface area (Å²) in [7, 11) is 0. The van der Waals surface area contributed by atoms with E-state index in [-0.39, 0.29) is 5.91 Å². The largest absolute Gasteiger partial charge is 0.352 e. The maximum atomic E-state index is 12.1.